The number of anilines is 1. The van der Waals surface area contributed by atoms with E-state index in [1.54, 1.807) is 43.3 Å². The Morgan fingerprint density at radius 2 is 1.83 bits per heavy atom. The lowest BCUT2D eigenvalue weighted by molar-refractivity contribution is -0.160. The number of sulfonamides is 1. The first-order chi connectivity index (χ1) is 13.3. The van der Waals surface area contributed by atoms with Gasteiger partial charge in [0.25, 0.3) is 5.91 Å². The number of carbonyl (C=O) groups is 1. The third-order valence-corrected chi connectivity index (χ3v) is 5.15. The Morgan fingerprint density at radius 3 is 2.45 bits per heavy atom. The molecule has 29 heavy (non-hydrogen) atoms. The van der Waals surface area contributed by atoms with Gasteiger partial charge in [0.15, 0.2) is 0 Å². The number of alkyl halides is 3. The molecule has 0 aliphatic carbocycles. The standard InChI is InChI=1S/C19H20F3N3O3S/c1-11-7-14(13-5-4-6-16(9-13)24-29(3,27)28)8-15-10-25(18(26)17(11)15)23-12(2)19(20,21)22/h4-9,12,23-24H,10H2,1-3H3. The highest BCUT2D eigenvalue weighted by atomic mass is 32.2. The van der Waals surface area contributed by atoms with Crippen LogP contribution in [0.15, 0.2) is 36.4 Å². The molecule has 1 atom stereocenters. The van der Waals surface area contributed by atoms with Gasteiger partial charge in [-0.1, -0.05) is 18.2 Å². The minimum absolute atomic E-state index is 0.00451. The number of carbonyl (C=O) groups excluding carboxylic acids is 1. The van der Waals surface area contributed by atoms with Gasteiger partial charge in [-0.2, -0.15) is 13.2 Å². The van der Waals surface area contributed by atoms with Crippen LogP contribution in [0.2, 0.25) is 0 Å². The van der Waals surface area contributed by atoms with Crippen molar-refractivity contribution in [3.05, 3.63) is 53.1 Å². The molecule has 1 aliphatic rings. The van der Waals surface area contributed by atoms with E-state index in [9.17, 15) is 26.4 Å². The molecule has 0 saturated heterocycles. The van der Waals surface area contributed by atoms with Crippen molar-refractivity contribution in [1.29, 1.82) is 0 Å². The molecule has 2 aromatic rings. The van der Waals surface area contributed by atoms with Crippen molar-refractivity contribution in [2.24, 2.45) is 0 Å². The molecule has 0 radical (unpaired) electrons. The molecule has 156 valence electrons. The third-order valence-electron chi connectivity index (χ3n) is 4.54. The molecule has 0 spiro atoms. The largest absolute Gasteiger partial charge is 0.405 e. The van der Waals surface area contributed by atoms with Crippen molar-refractivity contribution in [3.8, 4) is 11.1 Å². The summed E-state index contributed by atoms with van der Waals surface area (Å²) in [5.74, 6) is -0.507. The molecule has 1 amide bonds. The van der Waals surface area contributed by atoms with Crippen LogP contribution in [0.1, 0.15) is 28.4 Å². The monoisotopic (exact) mass is 427 g/mol. The van der Waals surface area contributed by atoms with Crippen LogP contribution in [0.3, 0.4) is 0 Å². The number of hydrazine groups is 1. The molecule has 0 bridgehead atoms. The first kappa shape index (κ1) is 21.1. The summed E-state index contributed by atoms with van der Waals surface area (Å²) in [4.78, 5) is 12.6. The van der Waals surface area contributed by atoms with E-state index in [2.05, 4.69) is 10.1 Å². The number of halogens is 3. The average molecular weight is 427 g/mol. The zero-order valence-corrected chi connectivity index (χ0v) is 16.8. The molecule has 0 saturated carbocycles. The second-order valence-corrected chi connectivity index (χ2v) is 8.81. The van der Waals surface area contributed by atoms with Crippen molar-refractivity contribution < 1.29 is 26.4 Å². The minimum atomic E-state index is -4.47. The maximum absolute atomic E-state index is 12.8. The summed E-state index contributed by atoms with van der Waals surface area (Å²) in [7, 11) is -3.43. The maximum atomic E-state index is 12.8. The fourth-order valence-electron chi connectivity index (χ4n) is 3.22. The van der Waals surface area contributed by atoms with Gasteiger partial charge in [0.05, 0.1) is 12.8 Å². The number of nitrogens with zero attached hydrogens (tertiary/aromatic N) is 1. The van der Waals surface area contributed by atoms with Gasteiger partial charge in [-0.15, -0.1) is 0 Å². The number of hydrogen-bond donors (Lipinski definition) is 2. The number of nitrogens with one attached hydrogen (secondary N) is 2. The summed E-state index contributed by atoms with van der Waals surface area (Å²) in [6, 6.07) is 8.37. The van der Waals surface area contributed by atoms with Gasteiger partial charge in [0.1, 0.15) is 6.04 Å². The zero-order valence-electron chi connectivity index (χ0n) is 16.0. The number of amides is 1. The number of aryl methyl sites for hydroxylation is 1. The molecule has 1 heterocycles. The van der Waals surface area contributed by atoms with Gasteiger partial charge in [-0.25, -0.2) is 13.8 Å². The number of rotatable bonds is 5. The van der Waals surface area contributed by atoms with Crippen LogP contribution in [-0.2, 0) is 16.6 Å². The van der Waals surface area contributed by atoms with Gasteiger partial charge in [0, 0.05) is 11.3 Å². The van der Waals surface area contributed by atoms with E-state index in [1.807, 2.05) is 0 Å². The molecule has 2 N–H and O–H groups in total. The second-order valence-electron chi connectivity index (χ2n) is 7.07. The number of benzene rings is 2. The minimum Gasteiger partial charge on any atom is -0.284 e. The van der Waals surface area contributed by atoms with Crippen LogP contribution < -0.4 is 10.1 Å². The van der Waals surface area contributed by atoms with Crippen LogP contribution >= 0.6 is 0 Å². The van der Waals surface area contributed by atoms with Crippen LogP contribution in [0.5, 0.6) is 0 Å². The normalized spacial score (nSPS) is 15.4. The highest BCUT2D eigenvalue weighted by Crippen LogP contribution is 2.32. The first-order valence-electron chi connectivity index (χ1n) is 8.71. The molecule has 1 aliphatic heterocycles. The summed E-state index contributed by atoms with van der Waals surface area (Å²) in [5.41, 5.74) is 5.67. The van der Waals surface area contributed by atoms with E-state index in [1.165, 1.54) is 0 Å². The highest BCUT2D eigenvalue weighted by molar-refractivity contribution is 7.92. The smallest absolute Gasteiger partial charge is 0.284 e. The van der Waals surface area contributed by atoms with E-state index in [4.69, 9.17) is 0 Å². The molecule has 10 heteroatoms. The molecule has 0 fully saturated rings. The molecule has 2 aromatic carbocycles. The fraction of sp³-hybridized carbons (Fsp3) is 0.316. The predicted octanol–water partition coefficient (Wildman–Crippen LogP) is 3.44. The summed E-state index contributed by atoms with van der Waals surface area (Å²) in [6.45, 7) is 2.68. The van der Waals surface area contributed by atoms with Gasteiger partial charge < -0.3 is 0 Å². The van der Waals surface area contributed by atoms with Gasteiger partial charge >= 0.3 is 6.18 Å². The third kappa shape index (κ3) is 4.70. The van der Waals surface area contributed by atoms with Gasteiger partial charge in [-0.05, 0) is 54.3 Å². The first-order valence-corrected chi connectivity index (χ1v) is 10.6. The average Bonchev–Trinajstić information content (AvgIpc) is 2.89. The zero-order chi connectivity index (χ0) is 21.6. The Morgan fingerprint density at radius 1 is 1.14 bits per heavy atom. The van der Waals surface area contributed by atoms with E-state index in [0.717, 1.165) is 23.8 Å². The number of hydrogen-bond acceptors (Lipinski definition) is 4. The second kappa shape index (κ2) is 7.34. The quantitative estimate of drug-likeness (QED) is 0.766. The van der Waals surface area contributed by atoms with Gasteiger partial charge in [-0.3, -0.25) is 14.5 Å². The van der Waals surface area contributed by atoms with E-state index >= 15 is 0 Å². The van der Waals surface area contributed by atoms with Crippen molar-refractivity contribution >= 4 is 21.6 Å². The number of fused-ring (bicyclic) bond motifs is 1. The van der Waals surface area contributed by atoms with Crippen LogP contribution in [-0.4, -0.2) is 37.8 Å². The predicted molar refractivity (Wildman–Crippen MR) is 104 cm³/mol. The Balaban J connectivity index is 1.91. The Bertz CT molecular complexity index is 1070. The van der Waals surface area contributed by atoms with Gasteiger partial charge in [0.2, 0.25) is 10.0 Å². The Kier molecular flexibility index (Phi) is 5.35. The van der Waals surface area contributed by atoms with Crippen molar-refractivity contribution in [1.82, 2.24) is 10.4 Å². The van der Waals surface area contributed by atoms with E-state index < -0.39 is 28.1 Å². The molecule has 3 rings (SSSR count). The Hall–Kier alpha value is -2.59. The van der Waals surface area contributed by atoms with Crippen LogP contribution in [0.4, 0.5) is 18.9 Å². The molecular weight excluding hydrogens is 407 g/mol. The van der Waals surface area contributed by atoms with Crippen LogP contribution in [0.25, 0.3) is 11.1 Å². The van der Waals surface area contributed by atoms with Crippen LogP contribution in [0, 0.1) is 6.92 Å². The molecule has 0 aromatic heterocycles. The highest BCUT2D eigenvalue weighted by Gasteiger charge is 2.40. The SMILES string of the molecule is Cc1cc(-c2cccc(NS(C)(=O)=O)c2)cc2c1C(=O)N(NC(C)C(F)(F)F)C2. The lowest BCUT2D eigenvalue weighted by atomic mass is 9.96. The lowest BCUT2D eigenvalue weighted by Crippen LogP contribution is -2.50. The Labute approximate surface area is 166 Å². The molecular formula is C19H20F3N3O3S. The molecule has 1 unspecified atom stereocenters. The van der Waals surface area contributed by atoms with E-state index in [-0.39, 0.29) is 6.54 Å². The summed E-state index contributed by atoms with van der Waals surface area (Å²) in [6.07, 6.45) is -3.42. The lowest BCUT2D eigenvalue weighted by Gasteiger charge is -2.24. The summed E-state index contributed by atoms with van der Waals surface area (Å²) >= 11 is 0. The summed E-state index contributed by atoms with van der Waals surface area (Å²) in [5, 5.41) is 0.973. The summed E-state index contributed by atoms with van der Waals surface area (Å²) < 4.78 is 63.8. The maximum Gasteiger partial charge on any atom is 0.405 e. The van der Waals surface area contributed by atoms with Crippen molar-refractivity contribution in [3.63, 3.8) is 0 Å². The van der Waals surface area contributed by atoms with E-state index in [0.29, 0.717) is 27.9 Å². The van der Waals surface area contributed by atoms with Crippen molar-refractivity contribution in [2.45, 2.75) is 32.6 Å². The molecule has 6 nitrogen and oxygen atoms in total. The van der Waals surface area contributed by atoms with Crippen molar-refractivity contribution in [2.75, 3.05) is 11.0 Å². The topological polar surface area (TPSA) is 78.5 Å². The fourth-order valence-corrected chi connectivity index (χ4v) is 3.78.